The summed E-state index contributed by atoms with van der Waals surface area (Å²) in [5, 5.41) is 8.01. The van der Waals surface area contributed by atoms with Gasteiger partial charge >= 0.3 is 0 Å². The number of rotatable bonds is 2. The molecule has 0 saturated carbocycles. The molecule has 1 N–H and O–H groups in total. The fourth-order valence-corrected chi connectivity index (χ4v) is 1.88. The monoisotopic (exact) mass is 225 g/mol. The summed E-state index contributed by atoms with van der Waals surface area (Å²) in [5.41, 5.74) is 3.08. The van der Waals surface area contributed by atoms with Gasteiger partial charge < -0.3 is 4.74 Å². The first-order chi connectivity index (χ1) is 8.38. The normalized spacial score (nSPS) is 10.6. The highest BCUT2D eigenvalue weighted by atomic mass is 16.5. The molecule has 3 rings (SSSR count). The van der Waals surface area contributed by atoms with E-state index >= 15 is 0 Å². The van der Waals surface area contributed by atoms with E-state index in [0.717, 1.165) is 22.0 Å². The second-order valence-electron chi connectivity index (χ2n) is 3.73. The van der Waals surface area contributed by atoms with Crippen LogP contribution in [0.4, 0.5) is 0 Å². The van der Waals surface area contributed by atoms with Gasteiger partial charge in [0, 0.05) is 17.1 Å². The Morgan fingerprint density at radius 3 is 3.06 bits per heavy atom. The molecule has 1 aromatic carbocycles. The highest BCUT2D eigenvalue weighted by molar-refractivity contribution is 5.84. The molecule has 0 aliphatic heterocycles. The summed E-state index contributed by atoms with van der Waals surface area (Å²) in [5.74, 6) is 0.635. The summed E-state index contributed by atoms with van der Waals surface area (Å²) in [4.78, 5) is 4.20. The van der Waals surface area contributed by atoms with Gasteiger partial charge in [-0.05, 0) is 29.8 Å². The number of benzene rings is 1. The maximum absolute atomic E-state index is 5.26. The van der Waals surface area contributed by atoms with E-state index in [1.807, 2.05) is 30.5 Å². The van der Waals surface area contributed by atoms with E-state index in [1.54, 1.807) is 13.3 Å². The number of hydrogen-bond acceptors (Lipinski definition) is 3. The summed E-state index contributed by atoms with van der Waals surface area (Å²) in [6.45, 7) is 0. The number of hydrogen-bond donors (Lipinski definition) is 1. The highest BCUT2D eigenvalue weighted by Crippen LogP contribution is 2.29. The van der Waals surface area contributed by atoms with Crippen molar-refractivity contribution in [3.05, 3.63) is 42.7 Å². The molecular formula is C13H11N3O. The molecule has 4 heteroatoms. The molecule has 3 aromatic rings. The lowest BCUT2D eigenvalue weighted by atomic mass is 10.1. The van der Waals surface area contributed by atoms with Crippen molar-refractivity contribution in [3.8, 4) is 17.0 Å². The molecule has 17 heavy (non-hydrogen) atoms. The van der Waals surface area contributed by atoms with Crippen LogP contribution in [0.2, 0.25) is 0 Å². The first-order valence-corrected chi connectivity index (χ1v) is 5.31. The van der Waals surface area contributed by atoms with Crippen molar-refractivity contribution in [3.63, 3.8) is 0 Å². The van der Waals surface area contributed by atoms with Crippen LogP contribution in [0.1, 0.15) is 0 Å². The van der Waals surface area contributed by atoms with Gasteiger partial charge in [0.2, 0.25) is 5.88 Å². The van der Waals surface area contributed by atoms with E-state index in [4.69, 9.17) is 4.74 Å². The van der Waals surface area contributed by atoms with Crippen LogP contribution in [0.3, 0.4) is 0 Å². The molecule has 0 amide bonds. The largest absolute Gasteiger partial charge is 0.481 e. The van der Waals surface area contributed by atoms with Gasteiger partial charge in [-0.1, -0.05) is 6.07 Å². The molecule has 0 atom stereocenters. The molecule has 0 radical (unpaired) electrons. The van der Waals surface area contributed by atoms with E-state index in [9.17, 15) is 0 Å². The van der Waals surface area contributed by atoms with Crippen molar-refractivity contribution in [2.24, 2.45) is 0 Å². The predicted molar refractivity (Wildman–Crippen MR) is 65.9 cm³/mol. The van der Waals surface area contributed by atoms with Crippen molar-refractivity contribution >= 4 is 10.9 Å². The summed E-state index contributed by atoms with van der Waals surface area (Å²) < 4.78 is 5.26. The lowest BCUT2D eigenvalue weighted by Gasteiger charge is -2.06. The van der Waals surface area contributed by atoms with Crippen molar-refractivity contribution < 1.29 is 4.74 Å². The summed E-state index contributed by atoms with van der Waals surface area (Å²) >= 11 is 0. The van der Waals surface area contributed by atoms with Gasteiger partial charge in [-0.25, -0.2) is 4.98 Å². The molecule has 2 aromatic heterocycles. The van der Waals surface area contributed by atoms with Crippen LogP contribution >= 0.6 is 0 Å². The van der Waals surface area contributed by atoms with Crippen molar-refractivity contribution in [1.82, 2.24) is 15.2 Å². The fourth-order valence-electron chi connectivity index (χ4n) is 1.88. The predicted octanol–water partition coefficient (Wildman–Crippen LogP) is 2.63. The molecule has 4 nitrogen and oxygen atoms in total. The molecular weight excluding hydrogens is 214 g/mol. The first-order valence-electron chi connectivity index (χ1n) is 5.31. The van der Waals surface area contributed by atoms with E-state index < -0.39 is 0 Å². The van der Waals surface area contributed by atoms with Crippen LogP contribution in [0.5, 0.6) is 5.88 Å². The van der Waals surface area contributed by atoms with Gasteiger partial charge in [0.1, 0.15) is 0 Å². The maximum Gasteiger partial charge on any atom is 0.221 e. The molecule has 2 heterocycles. The molecule has 0 saturated heterocycles. The van der Waals surface area contributed by atoms with Gasteiger partial charge in [0.05, 0.1) is 18.8 Å². The van der Waals surface area contributed by atoms with Crippen LogP contribution in [-0.4, -0.2) is 22.3 Å². The van der Waals surface area contributed by atoms with Crippen molar-refractivity contribution in [2.45, 2.75) is 0 Å². The van der Waals surface area contributed by atoms with Gasteiger partial charge in [-0.3, -0.25) is 5.10 Å². The van der Waals surface area contributed by atoms with E-state index in [0.29, 0.717) is 5.88 Å². The van der Waals surface area contributed by atoms with E-state index in [1.165, 1.54) is 0 Å². The Balaban J connectivity index is 2.19. The average Bonchev–Trinajstić information content (AvgIpc) is 2.85. The highest BCUT2D eigenvalue weighted by Gasteiger charge is 2.07. The minimum Gasteiger partial charge on any atom is -0.481 e. The number of fused-ring (bicyclic) bond motifs is 1. The molecule has 0 aliphatic rings. The second-order valence-corrected chi connectivity index (χ2v) is 3.73. The minimum absolute atomic E-state index is 0.635. The summed E-state index contributed by atoms with van der Waals surface area (Å²) in [6, 6.07) is 9.99. The summed E-state index contributed by atoms with van der Waals surface area (Å²) in [6.07, 6.45) is 3.53. The first kappa shape index (κ1) is 9.84. The Kier molecular flexibility index (Phi) is 2.26. The number of aromatic amines is 1. The van der Waals surface area contributed by atoms with Gasteiger partial charge in [-0.15, -0.1) is 0 Å². The number of pyridine rings is 1. The minimum atomic E-state index is 0.635. The standard InChI is InChI=1S/C13H11N3O/c1-17-13-11(3-2-6-14-13)9-4-5-12-10(7-9)8-15-16-12/h2-8H,1H3,(H,15,16). The average molecular weight is 225 g/mol. The second kappa shape index (κ2) is 3.90. The zero-order chi connectivity index (χ0) is 11.7. The van der Waals surface area contributed by atoms with E-state index in [-0.39, 0.29) is 0 Å². The van der Waals surface area contributed by atoms with Crippen LogP contribution < -0.4 is 4.74 Å². The maximum atomic E-state index is 5.26. The number of ether oxygens (including phenoxy) is 1. The number of nitrogens with one attached hydrogen (secondary N) is 1. The molecule has 0 aliphatic carbocycles. The number of H-pyrrole nitrogens is 1. The van der Waals surface area contributed by atoms with Crippen molar-refractivity contribution in [1.29, 1.82) is 0 Å². The van der Waals surface area contributed by atoms with E-state index in [2.05, 4.69) is 21.2 Å². The number of aromatic nitrogens is 3. The topological polar surface area (TPSA) is 50.8 Å². The fraction of sp³-hybridized carbons (Fsp3) is 0.0769. The Hall–Kier alpha value is -2.36. The third-order valence-electron chi connectivity index (χ3n) is 2.72. The third kappa shape index (κ3) is 1.63. The smallest absolute Gasteiger partial charge is 0.221 e. The third-order valence-corrected chi connectivity index (χ3v) is 2.72. The van der Waals surface area contributed by atoms with Gasteiger partial charge in [0.25, 0.3) is 0 Å². The molecule has 0 fully saturated rings. The lowest BCUT2D eigenvalue weighted by Crippen LogP contribution is -1.90. The van der Waals surface area contributed by atoms with Gasteiger partial charge in [0.15, 0.2) is 0 Å². The van der Waals surface area contributed by atoms with Crippen LogP contribution in [0.25, 0.3) is 22.0 Å². The van der Waals surface area contributed by atoms with Crippen LogP contribution in [-0.2, 0) is 0 Å². The van der Waals surface area contributed by atoms with Crippen molar-refractivity contribution in [2.75, 3.05) is 7.11 Å². The summed E-state index contributed by atoms with van der Waals surface area (Å²) in [7, 11) is 1.63. The van der Waals surface area contributed by atoms with Gasteiger partial charge in [-0.2, -0.15) is 5.10 Å². The molecule has 0 bridgehead atoms. The molecule has 0 unspecified atom stereocenters. The Bertz CT molecular complexity index is 660. The zero-order valence-electron chi connectivity index (χ0n) is 9.34. The Labute approximate surface area is 98.3 Å². The van der Waals surface area contributed by atoms with Crippen LogP contribution in [0.15, 0.2) is 42.7 Å². The zero-order valence-corrected chi connectivity index (χ0v) is 9.34. The molecule has 0 spiro atoms. The molecule has 84 valence electrons. The number of nitrogens with zero attached hydrogens (tertiary/aromatic N) is 2. The SMILES string of the molecule is COc1ncccc1-c1ccc2[nH]ncc2c1. The Morgan fingerprint density at radius 1 is 1.24 bits per heavy atom. The quantitative estimate of drug-likeness (QED) is 0.729. The number of methoxy groups -OCH3 is 1. The lowest BCUT2D eigenvalue weighted by molar-refractivity contribution is 0.399. The van der Waals surface area contributed by atoms with Crippen LogP contribution in [0, 0.1) is 0 Å². The Morgan fingerprint density at radius 2 is 2.18 bits per heavy atom.